The van der Waals surface area contributed by atoms with Crippen molar-refractivity contribution >= 4 is 11.4 Å². The molecule has 1 unspecified atom stereocenters. The van der Waals surface area contributed by atoms with Crippen molar-refractivity contribution < 1.29 is 14.2 Å². The molecule has 2 heterocycles. The predicted molar refractivity (Wildman–Crippen MR) is 90.8 cm³/mol. The zero-order chi connectivity index (χ0) is 16.9. The number of anilines is 2. The average molecular weight is 334 g/mol. The monoisotopic (exact) mass is 334 g/mol. The second-order valence-electron chi connectivity index (χ2n) is 5.89. The summed E-state index contributed by atoms with van der Waals surface area (Å²) in [7, 11) is 0. The van der Waals surface area contributed by atoms with E-state index in [0.717, 1.165) is 11.3 Å². The highest BCUT2D eigenvalue weighted by Gasteiger charge is 2.16. The predicted octanol–water partition coefficient (Wildman–Crippen LogP) is 2.02. The van der Waals surface area contributed by atoms with Crippen LogP contribution in [0.25, 0.3) is 0 Å². The Kier molecular flexibility index (Phi) is 5.32. The third-order valence-electron chi connectivity index (χ3n) is 4.17. The molecule has 2 N–H and O–H groups in total. The molecule has 1 aliphatic heterocycles. The lowest BCUT2D eigenvalue weighted by molar-refractivity contribution is 0.122. The standard InChI is InChI=1S/C17H23FN4O2/c1-13(20-15-11-19-22(12-15)4-7-23)14-2-3-17(16(18)10-14)21-5-8-24-9-6-21/h2-3,10-13,20,23H,4-9H2,1H3. The van der Waals surface area contributed by atoms with Crippen LogP contribution in [0.3, 0.4) is 0 Å². The van der Waals surface area contributed by atoms with Crippen LogP contribution in [0.2, 0.25) is 0 Å². The number of morpholine rings is 1. The number of aliphatic hydroxyl groups is 1. The summed E-state index contributed by atoms with van der Waals surface area (Å²) in [6.45, 7) is 5.19. The first kappa shape index (κ1) is 16.7. The highest BCUT2D eigenvalue weighted by atomic mass is 19.1. The fourth-order valence-electron chi connectivity index (χ4n) is 2.85. The summed E-state index contributed by atoms with van der Waals surface area (Å²) in [5, 5.41) is 16.4. The number of rotatable bonds is 6. The number of ether oxygens (including phenoxy) is 1. The molecule has 1 fully saturated rings. The Balaban J connectivity index is 1.68. The summed E-state index contributed by atoms with van der Waals surface area (Å²) in [6, 6.07) is 5.32. The minimum atomic E-state index is -0.209. The van der Waals surface area contributed by atoms with E-state index in [0.29, 0.717) is 38.5 Å². The van der Waals surface area contributed by atoms with Gasteiger partial charge in [-0.2, -0.15) is 5.10 Å². The zero-order valence-corrected chi connectivity index (χ0v) is 13.8. The van der Waals surface area contributed by atoms with Crippen molar-refractivity contribution in [1.29, 1.82) is 0 Å². The molecule has 0 aliphatic carbocycles. The summed E-state index contributed by atoms with van der Waals surface area (Å²) < 4.78 is 21.5. The maximum Gasteiger partial charge on any atom is 0.146 e. The van der Waals surface area contributed by atoms with Crippen LogP contribution in [0.15, 0.2) is 30.6 Å². The lowest BCUT2D eigenvalue weighted by Gasteiger charge is -2.29. The summed E-state index contributed by atoms with van der Waals surface area (Å²) in [5.74, 6) is -0.209. The van der Waals surface area contributed by atoms with Gasteiger partial charge in [0.1, 0.15) is 5.82 Å². The van der Waals surface area contributed by atoms with Crippen molar-refractivity contribution in [2.24, 2.45) is 0 Å². The molecule has 0 saturated carbocycles. The quantitative estimate of drug-likeness (QED) is 0.846. The Morgan fingerprint density at radius 1 is 1.38 bits per heavy atom. The van der Waals surface area contributed by atoms with Crippen molar-refractivity contribution in [3.63, 3.8) is 0 Å². The molecule has 2 aromatic rings. The fourth-order valence-corrected chi connectivity index (χ4v) is 2.85. The minimum Gasteiger partial charge on any atom is -0.394 e. The Labute approximate surface area is 140 Å². The normalized spacial score (nSPS) is 16.2. The largest absolute Gasteiger partial charge is 0.394 e. The molecule has 0 bridgehead atoms. The van der Waals surface area contributed by atoms with Gasteiger partial charge in [-0.3, -0.25) is 4.68 Å². The van der Waals surface area contributed by atoms with Gasteiger partial charge in [-0.25, -0.2) is 4.39 Å². The smallest absolute Gasteiger partial charge is 0.146 e. The SMILES string of the molecule is CC(Nc1cnn(CCO)c1)c1ccc(N2CCOCC2)c(F)c1. The molecular formula is C17H23FN4O2. The maximum atomic E-state index is 14.5. The van der Waals surface area contributed by atoms with Crippen LogP contribution in [-0.2, 0) is 11.3 Å². The summed E-state index contributed by atoms with van der Waals surface area (Å²) in [5.41, 5.74) is 2.35. The van der Waals surface area contributed by atoms with E-state index in [1.807, 2.05) is 30.2 Å². The number of hydrogen-bond acceptors (Lipinski definition) is 5. The number of hydrogen-bond donors (Lipinski definition) is 2. The Morgan fingerprint density at radius 2 is 2.17 bits per heavy atom. The van der Waals surface area contributed by atoms with E-state index in [4.69, 9.17) is 9.84 Å². The lowest BCUT2D eigenvalue weighted by atomic mass is 10.1. The minimum absolute atomic E-state index is 0.0465. The molecule has 0 spiro atoms. The molecular weight excluding hydrogens is 311 g/mol. The maximum absolute atomic E-state index is 14.5. The van der Waals surface area contributed by atoms with Gasteiger partial charge in [0.2, 0.25) is 0 Å². The highest BCUT2D eigenvalue weighted by Crippen LogP contribution is 2.26. The van der Waals surface area contributed by atoms with Gasteiger partial charge in [-0.05, 0) is 24.6 Å². The number of aromatic nitrogens is 2. The molecule has 0 radical (unpaired) electrons. The Morgan fingerprint density at radius 3 is 2.88 bits per heavy atom. The van der Waals surface area contributed by atoms with E-state index in [-0.39, 0.29) is 18.5 Å². The molecule has 1 atom stereocenters. The van der Waals surface area contributed by atoms with Crippen molar-refractivity contribution in [2.75, 3.05) is 43.1 Å². The first-order chi connectivity index (χ1) is 11.7. The van der Waals surface area contributed by atoms with Gasteiger partial charge < -0.3 is 20.1 Å². The van der Waals surface area contributed by atoms with Gasteiger partial charge >= 0.3 is 0 Å². The van der Waals surface area contributed by atoms with Crippen LogP contribution in [0.5, 0.6) is 0 Å². The lowest BCUT2D eigenvalue weighted by Crippen LogP contribution is -2.36. The van der Waals surface area contributed by atoms with Crippen molar-refractivity contribution in [1.82, 2.24) is 9.78 Å². The third-order valence-corrected chi connectivity index (χ3v) is 4.17. The fraction of sp³-hybridized carbons (Fsp3) is 0.471. The topological polar surface area (TPSA) is 62.5 Å². The van der Waals surface area contributed by atoms with Gasteiger partial charge in [0, 0.05) is 25.3 Å². The van der Waals surface area contributed by atoms with Crippen molar-refractivity contribution in [3.05, 3.63) is 42.0 Å². The first-order valence-electron chi connectivity index (χ1n) is 8.19. The number of nitrogens with zero attached hydrogens (tertiary/aromatic N) is 3. The van der Waals surface area contributed by atoms with Crippen LogP contribution in [0, 0.1) is 5.82 Å². The van der Waals surface area contributed by atoms with Gasteiger partial charge in [0.05, 0.1) is 43.9 Å². The molecule has 1 aromatic carbocycles. The van der Waals surface area contributed by atoms with E-state index in [9.17, 15) is 4.39 Å². The zero-order valence-electron chi connectivity index (χ0n) is 13.8. The summed E-state index contributed by atoms with van der Waals surface area (Å²) in [4.78, 5) is 2.01. The van der Waals surface area contributed by atoms with Gasteiger partial charge in [-0.1, -0.05) is 6.07 Å². The molecule has 3 rings (SSSR count). The highest BCUT2D eigenvalue weighted by molar-refractivity contribution is 5.51. The average Bonchev–Trinajstić information content (AvgIpc) is 3.03. The van der Waals surface area contributed by atoms with Gasteiger partial charge in [-0.15, -0.1) is 0 Å². The second-order valence-corrected chi connectivity index (χ2v) is 5.89. The second kappa shape index (κ2) is 7.63. The summed E-state index contributed by atoms with van der Waals surface area (Å²) in [6.07, 6.45) is 3.52. The molecule has 0 amide bonds. The Bertz CT molecular complexity index is 670. The molecule has 1 aliphatic rings. The molecule has 24 heavy (non-hydrogen) atoms. The van der Waals surface area contributed by atoms with Crippen LogP contribution in [-0.4, -0.2) is 47.8 Å². The van der Waals surface area contributed by atoms with Gasteiger partial charge in [0.15, 0.2) is 0 Å². The number of benzene rings is 1. The van der Waals surface area contributed by atoms with E-state index in [2.05, 4.69) is 10.4 Å². The van der Waals surface area contributed by atoms with E-state index in [1.54, 1.807) is 16.9 Å². The third kappa shape index (κ3) is 3.85. The van der Waals surface area contributed by atoms with E-state index < -0.39 is 0 Å². The number of nitrogens with one attached hydrogen (secondary N) is 1. The molecule has 1 saturated heterocycles. The Hall–Kier alpha value is -2.12. The number of aliphatic hydroxyl groups excluding tert-OH is 1. The molecule has 7 heteroatoms. The van der Waals surface area contributed by atoms with Crippen LogP contribution in [0.1, 0.15) is 18.5 Å². The van der Waals surface area contributed by atoms with Crippen molar-refractivity contribution in [2.45, 2.75) is 19.5 Å². The number of halogens is 1. The van der Waals surface area contributed by atoms with Crippen LogP contribution < -0.4 is 10.2 Å². The molecule has 1 aromatic heterocycles. The van der Waals surface area contributed by atoms with E-state index >= 15 is 0 Å². The van der Waals surface area contributed by atoms with Crippen LogP contribution in [0.4, 0.5) is 15.8 Å². The van der Waals surface area contributed by atoms with Crippen LogP contribution >= 0.6 is 0 Å². The summed E-state index contributed by atoms with van der Waals surface area (Å²) >= 11 is 0. The molecule has 6 nitrogen and oxygen atoms in total. The van der Waals surface area contributed by atoms with E-state index in [1.165, 1.54) is 0 Å². The van der Waals surface area contributed by atoms with Crippen molar-refractivity contribution in [3.8, 4) is 0 Å². The van der Waals surface area contributed by atoms with Gasteiger partial charge in [0.25, 0.3) is 0 Å². The molecule has 130 valence electrons. The first-order valence-corrected chi connectivity index (χ1v) is 8.19.